The van der Waals surface area contributed by atoms with E-state index in [-0.39, 0.29) is 6.42 Å². The lowest BCUT2D eigenvalue weighted by Gasteiger charge is -2.18. The average Bonchev–Trinajstić information content (AvgIpc) is 2.63. The van der Waals surface area contributed by atoms with Crippen LogP contribution in [0.3, 0.4) is 0 Å². The largest absolute Gasteiger partial charge is 0.444 e. The first-order valence-corrected chi connectivity index (χ1v) is 7.72. The van der Waals surface area contributed by atoms with Crippen LogP contribution in [0, 0.1) is 46.5 Å². The molecule has 0 radical (unpaired) electrons. The van der Waals surface area contributed by atoms with Crippen molar-refractivity contribution in [3.8, 4) is 11.5 Å². The lowest BCUT2D eigenvalue weighted by atomic mass is 9.96. The SMILES string of the molecule is CCC(C)c1c(F)c(F)c(Oc2c(F)c(F)c(C(F)(F)F)c(F)c2F)c(F)c1F. The van der Waals surface area contributed by atoms with E-state index in [0.717, 1.165) is 0 Å². The maximum Gasteiger partial charge on any atom is 0.422 e. The van der Waals surface area contributed by atoms with Crippen LogP contribution in [0.25, 0.3) is 0 Å². The molecule has 0 aliphatic heterocycles. The van der Waals surface area contributed by atoms with Crippen molar-refractivity contribution >= 4 is 0 Å². The van der Waals surface area contributed by atoms with Crippen LogP contribution in [0.5, 0.6) is 11.5 Å². The fourth-order valence-corrected chi connectivity index (χ4v) is 2.41. The number of halogens is 11. The third-order valence-electron chi connectivity index (χ3n) is 4.07. The molecule has 2 rings (SSSR count). The van der Waals surface area contributed by atoms with Crippen LogP contribution >= 0.6 is 0 Å². The van der Waals surface area contributed by atoms with Gasteiger partial charge in [-0.05, 0) is 12.3 Å². The molecule has 0 bridgehead atoms. The van der Waals surface area contributed by atoms with Gasteiger partial charge in [0.15, 0.2) is 23.3 Å². The number of rotatable bonds is 4. The van der Waals surface area contributed by atoms with Gasteiger partial charge in [0.25, 0.3) is 0 Å². The number of hydrogen-bond acceptors (Lipinski definition) is 1. The van der Waals surface area contributed by atoms with Crippen LogP contribution in [-0.2, 0) is 6.18 Å². The average molecular weight is 438 g/mol. The van der Waals surface area contributed by atoms with Gasteiger partial charge in [0, 0.05) is 5.56 Å². The lowest BCUT2D eigenvalue weighted by molar-refractivity contribution is -0.143. The molecule has 1 unspecified atom stereocenters. The molecule has 160 valence electrons. The van der Waals surface area contributed by atoms with Crippen molar-refractivity contribution < 1.29 is 53.0 Å². The summed E-state index contributed by atoms with van der Waals surface area (Å²) in [6.45, 7) is 2.61. The molecule has 0 aliphatic rings. The Morgan fingerprint density at radius 3 is 1.31 bits per heavy atom. The summed E-state index contributed by atoms with van der Waals surface area (Å²) in [5, 5.41) is 0. The van der Waals surface area contributed by atoms with Crippen LogP contribution in [0.2, 0.25) is 0 Å². The van der Waals surface area contributed by atoms with Gasteiger partial charge in [-0.2, -0.15) is 30.7 Å². The van der Waals surface area contributed by atoms with E-state index in [0.29, 0.717) is 0 Å². The van der Waals surface area contributed by atoms with Crippen LogP contribution in [-0.4, -0.2) is 0 Å². The molecule has 29 heavy (non-hydrogen) atoms. The van der Waals surface area contributed by atoms with E-state index in [9.17, 15) is 48.3 Å². The van der Waals surface area contributed by atoms with Crippen LogP contribution < -0.4 is 4.74 Å². The van der Waals surface area contributed by atoms with Crippen molar-refractivity contribution in [2.75, 3.05) is 0 Å². The molecule has 0 fully saturated rings. The van der Waals surface area contributed by atoms with Gasteiger partial charge in [-0.15, -0.1) is 0 Å². The Morgan fingerprint density at radius 2 is 1.00 bits per heavy atom. The minimum atomic E-state index is -5.87. The number of ether oxygens (including phenoxy) is 1. The van der Waals surface area contributed by atoms with Crippen molar-refractivity contribution in [1.82, 2.24) is 0 Å². The fraction of sp³-hybridized carbons (Fsp3) is 0.294. The highest BCUT2D eigenvalue weighted by Gasteiger charge is 2.43. The molecule has 0 N–H and O–H groups in total. The number of alkyl halides is 3. The van der Waals surface area contributed by atoms with Gasteiger partial charge in [0.2, 0.25) is 34.8 Å². The van der Waals surface area contributed by atoms with Crippen LogP contribution in [0.4, 0.5) is 48.3 Å². The van der Waals surface area contributed by atoms with Crippen molar-refractivity contribution in [3.63, 3.8) is 0 Å². The van der Waals surface area contributed by atoms with Gasteiger partial charge in [0.1, 0.15) is 5.56 Å². The molecule has 0 heterocycles. The summed E-state index contributed by atoms with van der Waals surface area (Å²) in [6.07, 6.45) is -5.85. The van der Waals surface area contributed by atoms with E-state index in [4.69, 9.17) is 0 Å². The van der Waals surface area contributed by atoms with Gasteiger partial charge in [-0.1, -0.05) is 13.8 Å². The standard InChI is InChI=1S/C17H9F11O/c1-3-4(2)5-7(18)11(22)15(12(23)8(5)19)29-16-13(24)9(20)6(17(26,27)28)10(21)14(16)25/h4H,3H2,1-2H3. The summed E-state index contributed by atoms with van der Waals surface area (Å²) in [5.41, 5.74) is -4.04. The third kappa shape index (κ3) is 3.71. The Hall–Kier alpha value is -2.53. The highest BCUT2D eigenvalue weighted by molar-refractivity contribution is 5.42. The fourth-order valence-electron chi connectivity index (χ4n) is 2.41. The second-order valence-electron chi connectivity index (χ2n) is 5.87. The molecular formula is C17H9F11O. The minimum Gasteiger partial charge on any atom is -0.444 e. The van der Waals surface area contributed by atoms with Crippen molar-refractivity contribution in [1.29, 1.82) is 0 Å². The first kappa shape index (κ1) is 22.8. The molecule has 0 amide bonds. The van der Waals surface area contributed by atoms with E-state index < -0.39 is 81.3 Å². The van der Waals surface area contributed by atoms with E-state index in [1.807, 2.05) is 0 Å². The molecule has 2 aromatic carbocycles. The smallest absolute Gasteiger partial charge is 0.422 e. The summed E-state index contributed by atoms with van der Waals surface area (Å²) >= 11 is 0. The van der Waals surface area contributed by atoms with E-state index in [1.165, 1.54) is 13.8 Å². The molecule has 0 saturated carbocycles. The molecule has 1 atom stereocenters. The van der Waals surface area contributed by atoms with E-state index >= 15 is 0 Å². The molecule has 0 saturated heterocycles. The molecule has 12 heteroatoms. The van der Waals surface area contributed by atoms with Crippen LogP contribution in [0.15, 0.2) is 0 Å². The summed E-state index contributed by atoms with van der Waals surface area (Å²) < 4.78 is 153. The monoisotopic (exact) mass is 438 g/mol. The summed E-state index contributed by atoms with van der Waals surface area (Å²) in [6, 6.07) is 0. The van der Waals surface area contributed by atoms with Crippen molar-refractivity contribution in [3.05, 3.63) is 57.7 Å². The summed E-state index contributed by atoms with van der Waals surface area (Å²) in [5.74, 6) is -25.8. The zero-order valence-electron chi connectivity index (χ0n) is 14.4. The second-order valence-corrected chi connectivity index (χ2v) is 5.87. The summed E-state index contributed by atoms with van der Waals surface area (Å²) in [7, 11) is 0. The maximum absolute atomic E-state index is 14.1. The zero-order valence-corrected chi connectivity index (χ0v) is 14.4. The molecule has 0 aliphatic carbocycles. The first-order valence-electron chi connectivity index (χ1n) is 7.72. The van der Waals surface area contributed by atoms with Gasteiger partial charge in [-0.25, -0.2) is 17.6 Å². The quantitative estimate of drug-likeness (QED) is 0.365. The van der Waals surface area contributed by atoms with E-state index in [2.05, 4.69) is 4.74 Å². The lowest BCUT2D eigenvalue weighted by Crippen LogP contribution is -2.16. The van der Waals surface area contributed by atoms with E-state index in [1.54, 1.807) is 0 Å². The number of hydrogen-bond donors (Lipinski definition) is 0. The first-order chi connectivity index (χ1) is 13.3. The molecule has 2 aromatic rings. The van der Waals surface area contributed by atoms with Crippen molar-refractivity contribution in [2.24, 2.45) is 0 Å². The van der Waals surface area contributed by atoms with Gasteiger partial charge < -0.3 is 4.74 Å². The Labute approximate surface area is 155 Å². The van der Waals surface area contributed by atoms with Gasteiger partial charge in [-0.3, -0.25) is 0 Å². The number of benzene rings is 2. The minimum absolute atomic E-state index is 0.0194. The molecule has 0 aromatic heterocycles. The Balaban J connectivity index is 2.74. The Kier molecular flexibility index (Phi) is 6.05. The highest BCUT2D eigenvalue weighted by atomic mass is 19.4. The molecule has 1 nitrogen and oxygen atoms in total. The van der Waals surface area contributed by atoms with Crippen molar-refractivity contribution in [2.45, 2.75) is 32.4 Å². The van der Waals surface area contributed by atoms with Crippen LogP contribution in [0.1, 0.15) is 37.3 Å². The highest BCUT2D eigenvalue weighted by Crippen LogP contribution is 2.42. The molecular weight excluding hydrogens is 429 g/mol. The second kappa shape index (κ2) is 7.71. The predicted octanol–water partition coefficient (Wildman–Crippen LogP) is 7.12. The zero-order chi connectivity index (χ0) is 22.4. The third-order valence-corrected chi connectivity index (χ3v) is 4.07. The maximum atomic E-state index is 14.1. The normalized spacial score (nSPS) is 13.0. The Morgan fingerprint density at radius 1 is 0.655 bits per heavy atom. The Bertz CT molecular complexity index is 907. The van der Waals surface area contributed by atoms with Gasteiger partial charge in [0.05, 0.1) is 0 Å². The van der Waals surface area contributed by atoms with Gasteiger partial charge >= 0.3 is 6.18 Å². The molecule has 0 spiro atoms. The predicted molar refractivity (Wildman–Crippen MR) is 76.3 cm³/mol. The topological polar surface area (TPSA) is 9.23 Å². The summed E-state index contributed by atoms with van der Waals surface area (Å²) in [4.78, 5) is 0.